The number of carbonyl (C=O) groups excluding carboxylic acids is 2. The summed E-state index contributed by atoms with van der Waals surface area (Å²) in [6, 6.07) is 6.59. The number of benzene rings is 1. The van der Waals surface area contributed by atoms with Gasteiger partial charge < -0.3 is 10.2 Å². The summed E-state index contributed by atoms with van der Waals surface area (Å²) in [5, 5.41) is 2.86. The zero-order valence-electron chi connectivity index (χ0n) is 13.7. The molecule has 23 heavy (non-hydrogen) atoms. The Kier molecular flexibility index (Phi) is 6.56. The van der Waals surface area contributed by atoms with Crippen LogP contribution in [0.2, 0.25) is 0 Å². The molecule has 0 unspecified atom stereocenters. The molecule has 0 spiro atoms. The van der Waals surface area contributed by atoms with E-state index < -0.39 is 0 Å². The lowest BCUT2D eigenvalue weighted by atomic mass is 10.1. The topological polar surface area (TPSA) is 49.4 Å². The predicted molar refractivity (Wildman–Crippen MR) is 87.4 cm³/mol. The number of amides is 2. The van der Waals surface area contributed by atoms with Crippen LogP contribution in [0.5, 0.6) is 0 Å². The third-order valence-corrected chi connectivity index (χ3v) is 4.40. The molecule has 2 rings (SSSR count). The van der Waals surface area contributed by atoms with Gasteiger partial charge in [-0.05, 0) is 37.0 Å². The number of nitrogens with one attached hydrogen (secondary N) is 1. The number of nitrogens with zero attached hydrogens (tertiary/aromatic N) is 1. The summed E-state index contributed by atoms with van der Waals surface area (Å²) < 4.78 is 12.8. The monoisotopic (exact) mass is 320 g/mol. The van der Waals surface area contributed by atoms with E-state index in [1.807, 2.05) is 4.90 Å². The highest BCUT2D eigenvalue weighted by molar-refractivity contribution is 5.78. The van der Waals surface area contributed by atoms with E-state index in [1.165, 1.54) is 12.1 Å². The smallest absolute Gasteiger partial charge is 0.221 e. The molecule has 5 heteroatoms. The number of hydrogen-bond acceptors (Lipinski definition) is 2. The van der Waals surface area contributed by atoms with Crippen LogP contribution in [0.1, 0.15) is 44.6 Å². The van der Waals surface area contributed by atoms with Gasteiger partial charge in [-0.25, -0.2) is 4.39 Å². The first-order chi connectivity index (χ1) is 11.1. The number of hydrogen-bond donors (Lipinski definition) is 1. The molecule has 0 aromatic heterocycles. The van der Waals surface area contributed by atoms with Gasteiger partial charge in [0.2, 0.25) is 11.8 Å². The molecule has 1 aliphatic rings. The first-order valence-electron chi connectivity index (χ1n) is 8.34. The second-order valence-corrected chi connectivity index (χ2v) is 6.13. The SMILES string of the molecule is CC(=O)N(CCC(=O)NCCc1ccc(F)cc1)C1CCCC1. The number of halogens is 1. The van der Waals surface area contributed by atoms with Gasteiger partial charge in [-0.1, -0.05) is 25.0 Å². The Balaban J connectivity index is 1.69. The van der Waals surface area contributed by atoms with Gasteiger partial charge in [0.05, 0.1) is 0 Å². The van der Waals surface area contributed by atoms with E-state index >= 15 is 0 Å². The van der Waals surface area contributed by atoms with Gasteiger partial charge >= 0.3 is 0 Å². The van der Waals surface area contributed by atoms with E-state index in [4.69, 9.17) is 0 Å². The molecule has 2 amide bonds. The van der Waals surface area contributed by atoms with Crippen LogP contribution >= 0.6 is 0 Å². The maximum absolute atomic E-state index is 12.8. The van der Waals surface area contributed by atoms with Gasteiger partial charge in [0.1, 0.15) is 5.82 Å². The molecule has 1 aliphatic carbocycles. The molecule has 4 nitrogen and oxygen atoms in total. The Morgan fingerprint density at radius 1 is 1.22 bits per heavy atom. The van der Waals surface area contributed by atoms with Crippen molar-refractivity contribution < 1.29 is 14.0 Å². The van der Waals surface area contributed by atoms with E-state index in [2.05, 4.69) is 5.32 Å². The summed E-state index contributed by atoms with van der Waals surface area (Å²) in [4.78, 5) is 25.5. The first kappa shape index (κ1) is 17.4. The standard InChI is InChI=1S/C18H25FN2O2/c1-14(22)21(17-4-2-3-5-17)13-11-18(23)20-12-10-15-6-8-16(19)9-7-15/h6-9,17H,2-5,10-13H2,1H3,(H,20,23). The van der Waals surface area contributed by atoms with Gasteiger partial charge in [-0.15, -0.1) is 0 Å². The minimum atomic E-state index is -0.256. The van der Waals surface area contributed by atoms with Crippen LogP contribution in [-0.2, 0) is 16.0 Å². The zero-order chi connectivity index (χ0) is 16.7. The van der Waals surface area contributed by atoms with Crippen molar-refractivity contribution >= 4 is 11.8 Å². The molecule has 0 radical (unpaired) electrons. The van der Waals surface area contributed by atoms with Crippen molar-refractivity contribution in [3.63, 3.8) is 0 Å². The molecule has 1 N–H and O–H groups in total. The van der Waals surface area contributed by atoms with Crippen LogP contribution < -0.4 is 5.32 Å². The summed E-state index contributed by atoms with van der Waals surface area (Å²) in [7, 11) is 0. The maximum atomic E-state index is 12.8. The normalized spacial score (nSPS) is 14.7. The van der Waals surface area contributed by atoms with Crippen molar-refractivity contribution in [1.29, 1.82) is 0 Å². The van der Waals surface area contributed by atoms with Crippen molar-refractivity contribution in [3.8, 4) is 0 Å². The first-order valence-corrected chi connectivity index (χ1v) is 8.34. The lowest BCUT2D eigenvalue weighted by Gasteiger charge is -2.27. The van der Waals surface area contributed by atoms with Crippen molar-refractivity contribution in [2.45, 2.75) is 51.5 Å². The molecule has 1 fully saturated rings. The maximum Gasteiger partial charge on any atom is 0.221 e. The van der Waals surface area contributed by atoms with Crippen molar-refractivity contribution in [3.05, 3.63) is 35.6 Å². The van der Waals surface area contributed by atoms with Gasteiger partial charge in [0.15, 0.2) is 0 Å². The fourth-order valence-corrected chi connectivity index (χ4v) is 3.12. The summed E-state index contributed by atoms with van der Waals surface area (Å²) in [6.45, 7) is 2.58. The molecule has 0 aliphatic heterocycles. The van der Waals surface area contributed by atoms with Crippen molar-refractivity contribution in [1.82, 2.24) is 10.2 Å². The summed E-state index contributed by atoms with van der Waals surface area (Å²) in [6.07, 6.45) is 5.43. The van der Waals surface area contributed by atoms with Gasteiger partial charge in [0.25, 0.3) is 0 Å². The Morgan fingerprint density at radius 2 is 1.87 bits per heavy atom. The predicted octanol–water partition coefficient (Wildman–Crippen LogP) is 2.67. The minimum Gasteiger partial charge on any atom is -0.356 e. The lowest BCUT2D eigenvalue weighted by molar-refractivity contribution is -0.131. The molecule has 0 bridgehead atoms. The Morgan fingerprint density at radius 3 is 2.48 bits per heavy atom. The van der Waals surface area contributed by atoms with E-state index in [9.17, 15) is 14.0 Å². The molecular weight excluding hydrogens is 295 g/mol. The third kappa shape index (κ3) is 5.66. The minimum absolute atomic E-state index is 0.0450. The number of carbonyl (C=O) groups is 2. The highest BCUT2D eigenvalue weighted by atomic mass is 19.1. The van der Waals surface area contributed by atoms with E-state index in [-0.39, 0.29) is 17.6 Å². The van der Waals surface area contributed by atoms with Crippen molar-refractivity contribution in [2.24, 2.45) is 0 Å². The van der Waals surface area contributed by atoms with E-state index in [0.29, 0.717) is 32.0 Å². The van der Waals surface area contributed by atoms with Crippen molar-refractivity contribution in [2.75, 3.05) is 13.1 Å². The largest absolute Gasteiger partial charge is 0.356 e. The fraction of sp³-hybridized carbons (Fsp3) is 0.556. The number of rotatable bonds is 7. The Bertz CT molecular complexity index is 524. The zero-order valence-corrected chi connectivity index (χ0v) is 13.7. The molecule has 0 saturated heterocycles. The van der Waals surface area contributed by atoms with Crippen LogP contribution in [0.15, 0.2) is 24.3 Å². The van der Waals surface area contributed by atoms with Gasteiger partial charge in [-0.2, -0.15) is 0 Å². The molecule has 126 valence electrons. The van der Waals surface area contributed by atoms with Crippen LogP contribution in [-0.4, -0.2) is 35.8 Å². The average Bonchev–Trinajstić information content (AvgIpc) is 3.03. The molecule has 1 saturated carbocycles. The second kappa shape index (κ2) is 8.65. The van der Waals surface area contributed by atoms with Gasteiger partial charge in [-0.3, -0.25) is 9.59 Å². The lowest BCUT2D eigenvalue weighted by Crippen LogP contribution is -2.40. The van der Waals surface area contributed by atoms with Crippen LogP contribution in [0.4, 0.5) is 4.39 Å². The van der Waals surface area contributed by atoms with Gasteiger partial charge in [0, 0.05) is 32.5 Å². The van der Waals surface area contributed by atoms with Crippen LogP contribution in [0.3, 0.4) is 0 Å². The third-order valence-electron chi connectivity index (χ3n) is 4.40. The average molecular weight is 320 g/mol. The Labute approximate surface area is 137 Å². The highest BCUT2D eigenvalue weighted by Gasteiger charge is 2.24. The second-order valence-electron chi connectivity index (χ2n) is 6.13. The quantitative estimate of drug-likeness (QED) is 0.840. The molecular formula is C18H25FN2O2. The summed E-state index contributed by atoms with van der Waals surface area (Å²) >= 11 is 0. The van der Waals surface area contributed by atoms with Crippen LogP contribution in [0.25, 0.3) is 0 Å². The molecule has 0 heterocycles. The summed E-state index contributed by atoms with van der Waals surface area (Å²) in [5.41, 5.74) is 0.989. The van der Waals surface area contributed by atoms with E-state index in [0.717, 1.165) is 31.2 Å². The Hall–Kier alpha value is -1.91. The van der Waals surface area contributed by atoms with E-state index in [1.54, 1.807) is 19.1 Å². The molecule has 1 aromatic rings. The highest BCUT2D eigenvalue weighted by Crippen LogP contribution is 2.23. The fourth-order valence-electron chi connectivity index (χ4n) is 3.12. The molecule has 0 atom stereocenters. The summed E-state index contributed by atoms with van der Waals surface area (Å²) in [5.74, 6) is -0.249. The molecule has 1 aromatic carbocycles. The van der Waals surface area contributed by atoms with Crippen LogP contribution in [0, 0.1) is 5.82 Å².